The van der Waals surface area contributed by atoms with Crippen molar-refractivity contribution in [1.82, 2.24) is 15.1 Å². The fourth-order valence-corrected chi connectivity index (χ4v) is 2.51. The van der Waals surface area contributed by atoms with Gasteiger partial charge in [0.25, 0.3) is 0 Å². The Morgan fingerprint density at radius 3 is 2.82 bits per heavy atom. The van der Waals surface area contributed by atoms with Crippen molar-refractivity contribution >= 4 is 0 Å². The van der Waals surface area contributed by atoms with Crippen LogP contribution in [0.2, 0.25) is 0 Å². The van der Waals surface area contributed by atoms with Crippen molar-refractivity contribution in [3.05, 3.63) is 47.8 Å². The molecule has 22 heavy (non-hydrogen) atoms. The van der Waals surface area contributed by atoms with Gasteiger partial charge in [-0.1, -0.05) is 13.0 Å². The molecule has 5 heteroatoms. The van der Waals surface area contributed by atoms with Crippen LogP contribution in [0.4, 0.5) is 0 Å². The molecule has 1 heterocycles. The number of aliphatic hydroxyl groups excluding tert-OH is 1. The largest absolute Gasteiger partial charge is 0.496 e. The Bertz CT molecular complexity index is 565. The highest BCUT2D eigenvalue weighted by molar-refractivity contribution is 5.38. The minimum absolute atomic E-state index is 0.117. The molecular weight excluding hydrogens is 278 g/mol. The maximum atomic E-state index is 9.34. The standard InChI is InChI=1S/C17H25N3O2/c1-4-16(12-21)19-13(2)14-6-7-17(22-3)15(10-14)11-20-9-5-8-18-20/h5-10,13,16,19,21H,4,11-12H2,1-3H3. The van der Waals surface area contributed by atoms with Gasteiger partial charge in [-0.15, -0.1) is 0 Å². The minimum atomic E-state index is 0.117. The van der Waals surface area contributed by atoms with Gasteiger partial charge in [0.15, 0.2) is 0 Å². The Labute approximate surface area is 131 Å². The van der Waals surface area contributed by atoms with E-state index in [1.54, 1.807) is 13.3 Å². The molecule has 0 aliphatic heterocycles. The first-order chi connectivity index (χ1) is 10.7. The van der Waals surface area contributed by atoms with E-state index in [1.807, 2.05) is 23.0 Å². The second-order valence-corrected chi connectivity index (χ2v) is 5.45. The van der Waals surface area contributed by atoms with Crippen LogP contribution in [0.15, 0.2) is 36.7 Å². The van der Waals surface area contributed by atoms with Gasteiger partial charge < -0.3 is 15.2 Å². The number of rotatable bonds is 8. The lowest BCUT2D eigenvalue weighted by Crippen LogP contribution is -2.33. The van der Waals surface area contributed by atoms with E-state index in [9.17, 15) is 5.11 Å². The van der Waals surface area contributed by atoms with Gasteiger partial charge in [-0.3, -0.25) is 4.68 Å². The molecule has 2 N–H and O–H groups in total. The van der Waals surface area contributed by atoms with Crippen LogP contribution in [0.5, 0.6) is 5.75 Å². The van der Waals surface area contributed by atoms with E-state index in [2.05, 4.69) is 36.4 Å². The summed E-state index contributed by atoms with van der Waals surface area (Å²) in [6, 6.07) is 8.39. The number of nitrogens with one attached hydrogen (secondary N) is 1. The number of hydrogen-bond donors (Lipinski definition) is 2. The molecular formula is C17H25N3O2. The van der Waals surface area contributed by atoms with Gasteiger partial charge in [-0.05, 0) is 37.1 Å². The topological polar surface area (TPSA) is 59.3 Å². The van der Waals surface area contributed by atoms with Crippen molar-refractivity contribution in [3.8, 4) is 5.75 Å². The SMILES string of the molecule is CCC(CO)NC(C)c1ccc(OC)c(Cn2cccn2)c1. The Morgan fingerprint density at radius 2 is 2.23 bits per heavy atom. The molecule has 0 saturated carbocycles. The van der Waals surface area contributed by atoms with Crippen molar-refractivity contribution in [1.29, 1.82) is 0 Å². The number of nitrogens with zero attached hydrogens (tertiary/aromatic N) is 2. The molecule has 0 aliphatic rings. The van der Waals surface area contributed by atoms with Crippen LogP contribution in [-0.4, -0.2) is 34.6 Å². The fourth-order valence-electron chi connectivity index (χ4n) is 2.51. The number of benzene rings is 1. The average molecular weight is 303 g/mol. The highest BCUT2D eigenvalue weighted by Gasteiger charge is 2.13. The normalized spacial score (nSPS) is 13.8. The summed E-state index contributed by atoms with van der Waals surface area (Å²) in [6.07, 6.45) is 4.61. The lowest BCUT2D eigenvalue weighted by Gasteiger charge is -2.22. The van der Waals surface area contributed by atoms with Gasteiger partial charge >= 0.3 is 0 Å². The summed E-state index contributed by atoms with van der Waals surface area (Å²) in [4.78, 5) is 0. The van der Waals surface area contributed by atoms with E-state index < -0.39 is 0 Å². The van der Waals surface area contributed by atoms with Gasteiger partial charge in [0.2, 0.25) is 0 Å². The number of methoxy groups -OCH3 is 1. The zero-order valence-electron chi connectivity index (χ0n) is 13.5. The van der Waals surface area contributed by atoms with Crippen molar-refractivity contribution in [2.75, 3.05) is 13.7 Å². The molecule has 0 bridgehead atoms. The number of aliphatic hydroxyl groups is 1. The fraction of sp³-hybridized carbons (Fsp3) is 0.471. The van der Waals surface area contributed by atoms with Gasteiger partial charge in [-0.2, -0.15) is 5.10 Å². The first-order valence-corrected chi connectivity index (χ1v) is 7.69. The van der Waals surface area contributed by atoms with E-state index in [0.717, 1.165) is 17.7 Å². The van der Waals surface area contributed by atoms with E-state index >= 15 is 0 Å². The van der Waals surface area contributed by atoms with Gasteiger partial charge in [0, 0.05) is 30.0 Å². The minimum Gasteiger partial charge on any atom is -0.496 e. The first kappa shape index (κ1) is 16.5. The quantitative estimate of drug-likeness (QED) is 0.786. The van der Waals surface area contributed by atoms with Crippen molar-refractivity contribution in [3.63, 3.8) is 0 Å². The summed E-state index contributed by atoms with van der Waals surface area (Å²) in [6.45, 7) is 5.00. The summed E-state index contributed by atoms with van der Waals surface area (Å²) in [5.41, 5.74) is 2.27. The summed E-state index contributed by atoms with van der Waals surface area (Å²) in [5.74, 6) is 0.862. The summed E-state index contributed by atoms with van der Waals surface area (Å²) >= 11 is 0. The molecule has 2 atom stereocenters. The first-order valence-electron chi connectivity index (χ1n) is 7.69. The maximum Gasteiger partial charge on any atom is 0.123 e. The molecule has 0 amide bonds. The van der Waals surface area contributed by atoms with Gasteiger partial charge in [0.1, 0.15) is 5.75 Å². The molecule has 1 aromatic heterocycles. The molecule has 0 spiro atoms. The zero-order chi connectivity index (χ0) is 15.9. The van der Waals surface area contributed by atoms with E-state index in [4.69, 9.17) is 4.74 Å². The second kappa shape index (κ2) is 7.96. The highest BCUT2D eigenvalue weighted by atomic mass is 16.5. The van der Waals surface area contributed by atoms with Crippen LogP contribution < -0.4 is 10.1 Å². The van der Waals surface area contributed by atoms with Crippen LogP contribution >= 0.6 is 0 Å². The number of ether oxygens (including phenoxy) is 1. The van der Waals surface area contributed by atoms with Crippen LogP contribution in [0, 0.1) is 0 Å². The van der Waals surface area contributed by atoms with Crippen LogP contribution in [0.25, 0.3) is 0 Å². The average Bonchev–Trinajstić information content (AvgIpc) is 3.05. The molecule has 0 saturated heterocycles. The molecule has 2 unspecified atom stereocenters. The highest BCUT2D eigenvalue weighted by Crippen LogP contribution is 2.24. The number of aromatic nitrogens is 2. The third kappa shape index (κ3) is 4.08. The van der Waals surface area contributed by atoms with E-state index in [1.165, 1.54) is 5.56 Å². The summed E-state index contributed by atoms with van der Waals surface area (Å²) in [5, 5.41) is 17.0. The predicted molar refractivity (Wildman–Crippen MR) is 87.0 cm³/mol. The molecule has 5 nitrogen and oxygen atoms in total. The number of hydrogen-bond acceptors (Lipinski definition) is 4. The zero-order valence-corrected chi connectivity index (χ0v) is 13.5. The Balaban J connectivity index is 2.18. The molecule has 0 radical (unpaired) electrons. The summed E-state index contributed by atoms with van der Waals surface area (Å²) in [7, 11) is 1.68. The van der Waals surface area contributed by atoms with Crippen molar-refractivity contribution < 1.29 is 9.84 Å². The third-order valence-electron chi connectivity index (χ3n) is 3.89. The Kier molecular flexibility index (Phi) is 5.98. The lowest BCUT2D eigenvalue weighted by atomic mass is 10.0. The van der Waals surface area contributed by atoms with Crippen LogP contribution in [-0.2, 0) is 6.54 Å². The summed E-state index contributed by atoms with van der Waals surface area (Å²) < 4.78 is 7.33. The van der Waals surface area contributed by atoms with E-state index in [-0.39, 0.29) is 18.7 Å². The molecule has 2 rings (SSSR count). The smallest absolute Gasteiger partial charge is 0.123 e. The lowest BCUT2D eigenvalue weighted by molar-refractivity contribution is 0.230. The van der Waals surface area contributed by atoms with E-state index in [0.29, 0.717) is 6.54 Å². The van der Waals surface area contributed by atoms with Crippen LogP contribution in [0.1, 0.15) is 37.4 Å². The maximum absolute atomic E-state index is 9.34. The van der Waals surface area contributed by atoms with Gasteiger partial charge in [-0.25, -0.2) is 0 Å². The van der Waals surface area contributed by atoms with Crippen LogP contribution in [0.3, 0.4) is 0 Å². The van der Waals surface area contributed by atoms with Gasteiger partial charge in [0.05, 0.1) is 20.3 Å². The second-order valence-electron chi connectivity index (χ2n) is 5.45. The predicted octanol–water partition coefficient (Wildman–Crippen LogP) is 2.36. The van der Waals surface area contributed by atoms with Crippen molar-refractivity contribution in [2.24, 2.45) is 0 Å². The molecule has 0 fully saturated rings. The third-order valence-corrected chi connectivity index (χ3v) is 3.89. The Morgan fingerprint density at radius 1 is 1.41 bits per heavy atom. The Hall–Kier alpha value is -1.85. The molecule has 120 valence electrons. The van der Waals surface area contributed by atoms with Crippen molar-refractivity contribution in [2.45, 2.75) is 38.9 Å². The molecule has 2 aromatic rings. The molecule has 0 aliphatic carbocycles. The monoisotopic (exact) mass is 303 g/mol. The molecule has 1 aromatic carbocycles.